The highest BCUT2D eigenvalue weighted by molar-refractivity contribution is 5.89. The van der Waals surface area contributed by atoms with Crippen LogP contribution in [0.5, 0.6) is 0 Å². The standard InChI is InChI=1S/C13H14F3N5O2/c1-7-12(20-23-19-7)17-10(22)6-21-9-5-3-2-4-8(9)11(18-21)13(14,15)16/h2-6H2,1H3,(H,17,20,22). The molecule has 0 saturated carbocycles. The molecule has 23 heavy (non-hydrogen) atoms. The normalized spacial score (nSPS) is 14.6. The van der Waals surface area contributed by atoms with Crippen LogP contribution in [0.15, 0.2) is 4.63 Å². The zero-order valence-corrected chi connectivity index (χ0v) is 12.3. The minimum Gasteiger partial charge on any atom is -0.305 e. The number of hydrogen-bond donors (Lipinski definition) is 1. The Hall–Kier alpha value is -2.39. The number of alkyl halides is 3. The van der Waals surface area contributed by atoms with Gasteiger partial charge in [-0.2, -0.15) is 18.3 Å². The van der Waals surface area contributed by atoms with Crippen molar-refractivity contribution in [1.82, 2.24) is 20.1 Å². The third-order valence-electron chi connectivity index (χ3n) is 3.73. The van der Waals surface area contributed by atoms with E-state index in [1.165, 1.54) is 0 Å². The van der Waals surface area contributed by atoms with Crippen LogP contribution in [0.2, 0.25) is 0 Å². The van der Waals surface area contributed by atoms with Gasteiger partial charge in [-0.25, -0.2) is 4.63 Å². The van der Waals surface area contributed by atoms with Crippen LogP contribution in [-0.2, 0) is 30.4 Å². The van der Waals surface area contributed by atoms with Gasteiger partial charge in [0.05, 0.1) is 0 Å². The van der Waals surface area contributed by atoms with Crippen molar-refractivity contribution in [3.05, 3.63) is 22.6 Å². The number of nitrogens with zero attached hydrogens (tertiary/aromatic N) is 4. The highest BCUT2D eigenvalue weighted by atomic mass is 19.4. The lowest BCUT2D eigenvalue weighted by Crippen LogP contribution is -2.22. The fourth-order valence-electron chi connectivity index (χ4n) is 2.68. The first-order valence-electron chi connectivity index (χ1n) is 7.11. The smallest absolute Gasteiger partial charge is 0.305 e. The Morgan fingerprint density at radius 1 is 1.30 bits per heavy atom. The Balaban J connectivity index is 1.84. The zero-order valence-electron chi connectivity index (χ0n) is 12.3. The van der Waals surface area contributed by atoms with Gasteiger partial charge < -0.3 is 5.32 Å². The second kappa shape index (κ2) is 5.67. The molecule has 0 saturated heterocycles. The predicted molar refractivity (Wildman–Crippen MR) is 71.5 cm³/mol. The lowest BCUT2D eigenvalue weighted by molar-refractivity contribution is -0.142. The number of amides is 1. The Morgan fingerprint density at radius 2 is 2.04 bits per heavy atom. The van der Waals surface area contributed by atoms with Crippen LogP contribution in [0.25, 0.3) is 0 Å². The van der Waals surface area contributed by atoms with Crippen molar-refractivity contribution in [2.45, 2.75) is 45.3 Å². The van der Waals surface area contributed by atoms with Crippen molar-refractivity contribution < 1.29 is 22.6 Å². The zero-order chi connectivity index (χ0) is 16.6. The molecule has 2 aromatic rings. The van der Waals surface area contributed by atoms with Gasteiger partial charge in [-0.05, 0) is 37.8 Å². The average Bonchev–Trinajstić information content (AvgIpc) is 3.04. The topological polar surface area (TPSA) is 85.8 Å². The summed E-state index contributed by atoms with van der Waals surface area (Å²) in [5, 5.41) is 13.1. The summed E-state index contributed by atoms with van der Waals surface area (Å²) in [4.78, 5) is 12.0. The Morgan fingerprint density at radius 3 is 2.70 bits per heavy atom. The molecular formula is C13H14F3N5O2. The number of halogens is 3. The molecule has 0 spiro atoms. The maximum Gasteiger partial charge on any atom is 0.435 e. The van der Waals surface area contributed by atoms with E-state index in [-0.39, 0.29) is 17.9 Å². The predicted octanol–water partition coefficient (Wildman–Crippen LogP) is 2.11. The first-order chi connectivity index (χ1) is 10.9. The van der Waals surface area contributed by atoms with E-state index >= 15 is 0 Å². The summed E-state index contributed by atoms with van der Waals surface area (Å²) >= 11 is 0. The molecular weight excluding hydrogens is 315 g/mol. The van der Waals surface area contributed by atoms with Crippen molar-refractivity contribution in [3.8, 4) is 0 Å². The molecule has 1 aliphatic carbocycles. The van der Waals surface area contributed by atoms with Crippen LogP contribution in [0.4, 0.5) is 19.0 Å². The number of rotatable bonds is 3. The number of fused-ring (bicyclic) bond motifs is 1. The maximum absolute atomic E-state index is 13.1. The van der Waals surface area contributed by atoms with Crippen molar-refractivity contribution in [2.24, 2.45) is 0 Å². The SMILES string of the molecule is Cc1nonc1NC(=O)Cn1nc(C(F)(F)F)c2c1CCCC2. The number of hydrogen-bond acceptors (Lipinski definition) is 5. The second-order valence-electron chi connectivity index (χ2n) is 5.38. The van der Waals surface area contributed by atoms with E-state index in [1.54, 1.807) is 6.92 Å². The minimum absolute atomic E-state index is 0.145. The fraction of sp³-hybridized carbons (Fsp3) is 0.538. The van der Waals surface area contributed by atoms with Crippen LogP contribution >= 0.6 is 0 Å². The van der Waals surface area contributed by atoms with E-state index in [1.807, 2.05) is 0 Å². The summed E-state index contributed by atoms with van der Waals surface area (Å²) in [6.07, 6.45) is -2.23. The molecule has 0 unspecified atom stereocenters. The van der Waals surface area contributed by atoms with Gasteiger partial charge >= 0.3 is 6.18 Å². The molecule has 0 bridgehead atoms. The van der Waals surface area contributed by atoms with E-state index in [2.05, 4.69) is 25.4 Å². The lowest BCUT2D eigenvalue weighted by Gasteiger charge is -2.14. The van der Waals surface area contributed by atoms with Crippen molar-refractivity contribution in [3.63, 3.8) is 0 Å². The summed E-state index contributed by atoms with van der Waals surface area (Å²) < 4.78 is 44.8. The molecule has 1 aliphatic rings. The molecule has 0 aromatic carbocycles. The molecule has 0 atom stereocenters. The first kappa shape index (κ1) is 15.5. The Labute approximate surface area is 128 Å². The summed E-state index contributed by atoms with van der Waals surface area (Å²) in [7, 11) is 0. The maximum atomic E-state index is 13.1. The molecule has 124 valence electrons. The molecule has 0 aliphatic heterocycles. The van der Waals surface area contributed by atoms with E-state index in [0.717, 1.165) is 11.1 Å². The van der Waals surface area contributed by atoms with Gasteiger partial charge in [0.25, 0.3) is 0 Å². The van der Waals surface area contributed by atoms with E-state index in [4.69, 9.17) is 0 Å². The van der Waals surface area contributed by atoms with Gasteiger partial charge in [-0.15, -0.1) is 0 Å². The highest BCUT2D eigenvalue weighted by Gasteiger charge is 2.39. The van der Waals surface area contributed by atoms with Crippen LogP contribution in [-0.4, -0.2) is 26.0 Å². The summed E-state index contributed by atoms with van der Waals surface area (Å²) in [6.45, 7) is 1.27. The summed E-state index contributed by atoms with van der Waals surface area (Å²) in [6, 6.07) is 0. The first-order valence-corrected chi connectivity index (χ1v) is 7.11. The Kier molecular flexibility index (Phi) is 3.82. The number of carbonyl (C=O) groups excluding carboxylic acids is 1. The highest BCUT2D eigenvalue weighted by Crippen LogP contribution is 2.35. The number of anilines is 1. The minimum atomic E-state index is -4.52. The second-order valence-corrected chi connectivity index (χ2v) is 5.38. The van der Waals surface area contributed by atoms with E-state index in [0.29, 0.717) is 30.7 Å². The van der Waals surface area contributed by atoms with Gasteiger partial charge in [0, 0.05) is 11.3 Å². The number of aryl methyl sites for hydroxylation is 1. The van der Waals surface area contributed by atoms with Crippen molar-refractivity contribution in [1.29, 1.82) is 0 Å². The van der Waals surface area contributed by atoms with E-state index in [9.17, 15) is 18.0 Å². The molecule has 10 heteroatoms. The molecule has 0 radical (unpaired) electrons. The van der Waals surface area contributed by atoms with Gasteiger partial charge in [-0.3, -0.25) is 9.48 Å². The molecule has 3 rings (SSSR count). The number of carbonyl (C=O) groups is 1. The van der Waals surface area contributed by atoms with Crippen LogP contribution in [0, 0.1) is 6.92 Å². The largest absolute Gasteiger partial charge is 0.435 e. The van der Waals surface area contributed by atoms with Gasteiger partial charge in [-0.1, -0.05) is 5.16 Å². The monoisotopic (exact) mass is 329 g/mol. The van der Waals surface area contributed by atoms with Gasteiger partial charge in [0.2, 0.25) is 5.91 Å². The summed E-state index contributed by atoms with van der Waals surface area (Å²) in [5.41, 5.74) is 0.181. The number of aromatic nitrogens is 4. The molecule has 1 amide bonds. The van der Waals surface area contributed by atoms with E-state index < -0.39 is 17.8 Å². The molecule has 1 N–H and O–H groups in total. The van der Waals surface area contributed by atoms with Gasteiger partial charge in [0.15, 0.2) is 11.5 Å². The molecule has 7 nitrogen and oxygen atoms in total. The average molecular weight is 329 g/mol. The van der Waals surface area contributed by atoms with Gasteiger partial charge in [0.1, 0.15) is 12.2 Å². The Bertz CT molecular complexity index is 735. The van der Waals surface area contributed by atoms with Crippen molar-refractivity contribution >= 4 is 11.7 Å². The summed E-state index contributed by atoms with van der Waals surface area (Å²) in [5.74, 6) is -0.388. The van der Waals surface area contributed by atoms with Crippen LogP contribution in [0.1, 0.15) is 35.5 Å². The molecule has 2 aromatic heterocycles. The number of nitrogens with one attached hydrogen (secondary N) is 1. The lowest BCUT2D eigenvalue weighted by atomic mass is 9.95. The van der Waals surface area contributed by atoms with Crippen molar-refractivity contribution in [2.75, 3.05) is 5.32 Å². The van der Waals surface area contributed by atoms with Crippen LogP contribution in [0.3, 0.4) is 0 Å². The van der Waals surface area contributed by atoms with Crippen LogP contribution < -0.4 is 5.32 Å². The quantitative estimate of drug-likeness (QED) is 0.932. The third-order valence-corrected chi connectivity index (χ3v) is 3.73. The molecule has 2 heterocycles. The third kappa shape index (κ3) is 3.06. The molecule has 0 fully saturated rings. The fourth-order valence-corrected chi connectivity index (χ4v) is 2.68.